The van der Waals surface area contributed by atoms with Crippen LogP contribution in [-0.2, 0) is 6.54 Å². The number of aliphatic hydroxyl groups is 1. The highest BCUT2D eigenvalue weighted by atomic mass is 32.1. The van der Waals surface area contributed by atoms with E-state index in [2.05, 4.69) is 18.8 Å². The van der Waals surface area contributed by atoms with E-state index in [0.717, 1.165) is 11.1 Å². The molecule has 4 aromatic rings. The summed E-state index contributed by atoms with van der Waals surface area (Å²) in [5, 5.41) is 12.8. The zero-order chi connectivity index (χ0) is 24.8. The van der Waals surface area contributed by atoms with E-state index in [1.807, 2.05) is 35.7 Å². The molecular weight excluding hydrogens is 464 g/mol. The van der Waals surface area contributed by atoms with Gasteiger partial charge in [-0.05, 0) is 54.3 Å². The Morgan fingerprint density at radius 2 is 1.66 bits per heavy atom. The number of aromatic nitrogens is 1. The maximum absolute atomic E-state index is 14.9. The fraction of sp³-hybridized carbons (Fsp3) is 0.214. The number of hydrogen-bond donors (Lipinski definition) is 2. The summed E-state index contributed by atoms with van der Waals surface area (Å²) in [6, 6.07) is 21.8. The standard InChI is InChI=1S/C28H27F2N3OS/c1-19(2)16-24(27(34)31-17-20-8-4-3-5-9-20)32-28-33(25-11-7-6-10-23(25)30)26(18-35-28)21-12-14-22(29)15-13-21/h3-15,18-19,24H,16-17H2,1-2H3,(H,31,34)/p+1/t24-/m0/s1. The molecule has 1 aromatic heterocycles. The number of thiazole rings is 1. The molecule has 35 heavy (non-hydrogen) atoms. The van der Waals surface area contributed by atoms with Gasteiger partial charge in [-0.1, -0.05) is 56.3 Å². The van der Waals surface area contributed by atoms with Crippen LogP contribution in [0.25, 0.3) is 16.9 Å². The summed E-state index contributed by atoms with van der Waals surface area (Å²) in [5.41, 5.74) is 2.81. The van der Waals surface area contributed by atoms with Crippen molar-refractivity contribution in [2.75, 3.05) is 0 Å². The van der Waals surface area contributed by atoms with E-state index < -0.39 is 11.9 Å². The normalized spacial score (nSPS) is 13.4. The van der Waals surface area contributed by atoms with Crippen molar-refractivity contribution in [1.82, 2.24) is 4.57 Å². The third kappa shape index (κ3) is 6.11. The minimum absolute atomic E-state index is 0.0689. The molecule has 0 aliphatic heterocycles. The third-order valence-corrected chi connectivity index (χ3v) is 6.37. The van der Waals surface area contributed by atoms with Gasteiger partial charge in [0.15, 0.2) is 17.4 Å². The summed E-state index contributed by atoms with van der Waals surface area (Å²) in [4.78, 5) is 8.52. The number of benzene rings is 3. The van der Waals surface area contributed by atoms with Crippen LogP contribution in [0.15, 0.2) is 89.2 Å². The van der Waals surface area contributed by atoms with Crippen LogP contribution in [0.1, 0.15) is 25.8 Å². The molecule has 0 radical (unpaired) electrons. The average molecular weight is 493 g/mol. The Bertz CT molecular complexity index is 1360. The minimum Gasteiger partial charge on any atom is -0.462 e. The first-order valence-corrected chi connectivity index (χ1v) is 12.4. The first kappa shape index (κ1) is 24.5. The van der Waals surface area contributed by atoms with Crippen molar-refractivity contribution in [3.63, 3.8) is 0 Å². The molecule has 0 saturated heterocycles. The molecule has 180 valence electrons. The Hall–Kier alpha value is -3.58. The SMILES string of the molecule is CC(C)C[C@H](N=c1scc(-c2ccc(F)cc2)n1-c1ccccc1F)C(O)=[NH+]Cc1ccccc1. The molecule has 0 aliphatic rings. The highest BCUT2D eigenvalue weighted by molar-refractivity contribution is 7.07. The second kappa shape index (κ2) is 11.2. The third-order valence-electron chi connectivity index (χ3n) is 5.53. The molecular formula is C28H28F2N3OS+. The molecule has 4 rings (SSSR count). The Morgan fingerprint density at radius 1 is 0.971 bits per heavy atom. The molecule has 7 heteroatoms. The second-order valence-electron chi connectivity index (χ2n) is 8.70. The van der Waals surface area contributed by atoms with Crippen LogP contribution in [0.5, 0.6) is 0 Å². The van der Waals surface area contributed by atoms with E-state index in [4.69, 9.17) is 4.99 Å². The topological polar surface area (TPSA) is 51.5 Å². The maximum atomic E-state index is 14.9. The Kier molecular flexibility index (Phi) is 7.87. The van der Waals surface area contributed by atoms with Gasteiger partial charge in [-0.25, -0.2) is 18.8 Å². The predicted molar refractivity (Wildman–Crippen MR) is 137 cm³/mol. The second-order valence-corrected chi connectivity index (χ2v) is 9.53. The summed E-state index contributed by atoms with van der Waals surface area (Å²) in [5.74, 6) is -0.402. The summed E-state index contributed by atoms with van der Waals surface area (Å²) in [6.07, 6.45) is 0.606. The van der Waals surface area contributed by atoms with Crippen LogP contribution in [0.2, 0.25) is 0 Å². The number of para-hydroxylation sites is 1. The molecule has 0 bridgehead atoms. The Labute approximate surface area is 207 Å². The van der Waals surface area contributed by atoms with Gasteiger partial charge in [-0.2, -0.15) is 0 Å². The van der Waals surface area contributed by atoms with E-state index in [9.17, 15) is 13.9 Å². The first-order chi connectivity index (χ1) is 16.9. The van der Waals surface area contributed by atoms with Gasteiger partial charge < -0.3 is 5.11 Å². The molecule has 3 aromatic carbocycles. The summed E-state index contributed by atoms with van der Waals surface area (Å²) < 4.78 is 30.2. The van der Waals surface area contributed by atoms with Crippen LogP contribution >= 0.6 is 11.3 Å². The molecule has 1 atom stereocenters. The van der Waals surface area contributed by atoms with Gasteiger partial charge in [0.2, 0.25) is 0 Å². The lowest BCUT2D eigenvalue weighted by Crippen LogP contribution is -2.73. The molecule has 0 aliphatic carbocycles. The van der Waals surface area contributed by atoms with Gasteiger partial charge in [0.25, 0.3) is 0 Å². The minimum atomic E-state index is -0.531. The molecule has 1 heterocycles. The highest BCUT2D eigenvalue weighted by Crippen LogP contribution is 2.25. The number of nitrogens with one attached hydrogen (secondary N) is 1. The van der Waals surface area contributed by atoms with E-state index in [1.54, 1.807) is 34.9 Å². The van der Waals surface area contributed by atoms with E-state index in [0.29, 0.717) is 29.1 Å². The van der Waals surface area contributed by atoms with Crippen molar-refractivity contribution in [2.24, 2.45) is 10.9 Å². The van der Waals surface area contributed by atoms with Crippen LogP contribution < -0.4 is 9.79 Å². The van der Waals surface area contributed by atoms with Crippen molar-refractivity contribution in [1.29, 1.82) is 0 Å². The smallest absolute Gasteiger partial charge is 0.358 e. The van der Waals surface area contributed by atoms with Crippen molar-refractivity contribution < 1.29 is 18.9 Å². The summed E-state index contributed by atoms with van der Waals surface area (Å²) in [7, 11) is 0. The van der Waals surface area contributed by atoms with Gasteiger partial charge in [0.05, 0.1) is 11.4 Å². The molecule has 0 spiro atoms. The molecule has 0 saturated carbocycles. The lowest BCUT2D eigenvalue weighted by molar-refractivity contribution is -0.486. The van der Waals surface area contributed by atoms with Crippen molar-refractivity contribution >= 4 is 17.2 Å². The molecule has 0 unspecified atom stereocenters. The highest BCUT2D eigenvalue weighted by Gasteiger charge is 2.23. The van der Waals surface area contributed by atoms with E-state index in [1.165, 1.54) is 29.5 Å². The van der Waals surface area contributed by atoms with Gasteiger partial charge in [0, 0.05) is 10.9 Å². The Balaban J connectivity index is 1.82. The van der Waals surface area contributed by atoms with Crippen molar-refractivity contribution in [3.8, 4) is 16.9 Å². The average Bonchev–Trinajstić information content (AvgIpc) is 3.26. The molecule has 2 N–H and O–H groups in total. The van der Waals surface area contributed by atoms with E-state index in [-0.39, 0.29) is 17.6 Å². The predicted octanol–water partition coefficient (Wildman–Crippen LogP) is 5.04. The lowest BCUT2D eigenvalue weighted by Gasteiger charge is -2.13. The largest absolute Gasteiger partial charge is 0.462 e. The van der Waals surface area contributed by atoms with Crippen molar-refractivity contribution in [2.45, 2.75) is 32.9 Å². The fourth-order valence-corrected chi connectivity index (χ4v) is 4.75. The summed E-state index contributed by atoms with van der Waals surface area (Å²) in [6.45, 7) is 4.60. The van der Waals surface area contributed by atoms with Gasteiger partial charge in [0.1, 0.15) is 11.6 Å². The summed E-state index contributed by atoms with van der Waals surface area (Å²) >= 11 is 1.35. The van der Waals surface area contributed by atoms with Gasteiger partial charge in [-0.3, -0.25) is 4.57 Å². The van der Waals surface area contributed by atoms with Crippen LogP contribution in [0, 0.1) is 17.6 Å². The van der Waals surface area contributed by atoms with Crippen molar-refractivity contribution in [3.05, 3.63) is 106 Å². The van der Waals surface area contributed by atoms with Gasteiger partial charge in [-0.15, -0.1) is 11.3 Å². The molecule has 0 amide bonds. The van der Waals surface area contributed by atoms with Gasteiger partial charge >= 0.3 is 5.90 Å². The zero-order valence-electron chi connectivity index (χ0n) is 19.7. The van der Waals surface area contributed by atoms with E-state index >= 15 is 0 Å². The monoisotopic (exact) mass is 492 g/mol. The Morgan fingerprint density at radius 3 is 2.34 bits per heavy atom. The molecule has 4 nitrogen and oxygen atoms in total. The number of rotatable bonds is 8. The quantitative estimate of drug-likeness (QED) is 0.263. The number of aliphatic hydroxyl groups excluding tert-OH is 1. The number of hydrogen-bond acceptors (Lipinski definition) is 2. The number of nitrogens with zero attached hydrogens (tertiary/aromatic N) is 2. The zero-order valence-corrected chi connectivity index (χ0v) is 20.5. The fourth-order valence-electron chi connectivity index (χ4n) is 3.80. The first-order valence-electron chi connectivity index (χ1n) is 11.5. The number of halogens is 2. The van der Waals surface area contributed by atoms with Crippen LogP contribution in [0.4, 0.5) is 8.78 Å². The molecule has 0 fully saturated rings. The lowest BCUT2D eigenvalue weighted by atomic mass is 10.0. The van der Waals surface area contributed by atoms with Crippen LogP contribution in [-0.4, -0.2) is 21.6 Å². The maximum Gasteiger partial charge on any atom is 0.358 e. The van der Waals surface area contributed by atoms with Crippen LogP contribution in [0.3, 0.4) is 0 Å².